The molecule has 0 aliphatic carbocycles. The molecule has 3 heterocycles. The zero-order chi connectivity index (χ0) is 19.7. The summed E-state index contributed by atoms with van der Waals surface area (Å²) in [6.07, 6.45) is 3.54. The molecule has 0 amide bonds. The molecule has 0 unspecified atom stereocenters. The molecule has 4 rings (SSSR count). The molecule has 3 aromatic heterocycles. The molecule has 28 heavy (non-hydrogen) atoms. The second-order valence-electron chi connectivity index (χ2n) is 6.42. The van der Waals surface area contributed by atoms with E-state index in [2.05, 4.69) is 20.3 Å². The molecule has 0 bridgehead atoms. The Kier molecular flexibility index (Phi) is 4.58. The van der Waals surface area contributed by atoms with Crippen LogP contribution in [0.4, 0.5) is 4.39 Å². The molecule has 0 atom stereocenters. The fourth-order valence-electron chi connectivity index (χ4n) is 2.95. The number of aryl methyl sites for hydroxylation is 1. The number of aromatic amines is 1. The fraction of sp³-hybridized carbons (Fsp3) is 0.158. The molecular formula is C19H18FN7O. The van der Waals surface area contributed by atoms with Gasteiger partial charge in [0.1, 0.15) is 12.1 Å². The van der Waals surface area contributed by atoms with Crippen molar-refractivity contribution < 1.29 is 4.39 Å². The number of hydrogen-bond acceptors (Lipinski definition) is 5. The first-order valence-electron chi connectivity index (χ1n) is 8.65. The van der Waals surface area contributed by atoms with E-state index in [1.165, 1.54) is 10.9 Å². The molecule has 4 aromatic rings. The number of pyridine rings is 1. The lowest BCUT2D eigenvalue weighted by atomic mass is 10.1. The van der Waals surface area contributed by atoms with Gasteiger partial charge in [-0.1, -0.05) is 18.2 Å². The molecule has 0 aliphatic heterocycles. The number of nitrogens with two attached hydrogens (primary N) is 1. The van der Waals surface area contributed by atoms with E-state index in [-0.39, 0.29) is 18.7 Å². The van der Waals surface area contributed by atoms with Gasteiger partial charge in [0, 0.05) is 17.5 Å². The van der Waals surface area contributed by atoms with E-state index in [4.69, 9.17) is 5.73 Å². The number of nitrogens with zero attached hydrogens (tertiary/aromatic N) is 5. The van der Waals surface area contributed by atoms with Gasteiger partial charge in [-0.15, -0.1) is 0 Å². The highest BCUT2D eigenvalue weighted by Gasteiger charge is 2.13. The van der Waals surface area contributed by atoms with Crippen molar-refractivity contribution in [3.63, 3.8) is 0 Å². The van der Waals surface area contributed by atoms with Crippen molar-refractivity contribution in [2.24, 2.45) is 5.73 Å². The minimum Gasteiger partial charge on any atom is -0.327 e. The molecule has 0 saturated heterocycles. The van der Waals surface area contributed by atoms with E-state index >= 15 is 0 Å². The summed E-state index contributed by atoms with van der Waals surface area (Å²) in [5, 5.41) is 12.0. The van der Waals surface area contributed by atoms with Crippen molar-refractivity contribution >= 4 is 10.9 Å². The number of benzene rings is 1. The van der Waals surface area contributed by atoms with Crippen molar-refractivity contribution in [2.45, 2.75) is 13.5 Å². The first kappa shape index (κ1) is 17.8. The Morgan fingerprint density at radius 1 is 1.32 bits per heavy atom. The SMILES string of the molecule is Cc1ccc(-c2ccc3cn[nH]c3c2)nc1-n1cnn(C/C(=C/F)CN)c1=O. The second kappa shape index (κ2) is 7.20. The maximum atomic E-state index is 12.8. The molecule has 3 N–H and O–H groups in total. The summed E-state index contributed by atoms with van der Waals surface area (Å²) in [6.45, 7) is 1.87. The predicted molar refractivity (Wildman–Crippen MR) is 104 cm³/mol. The lowest BCUT2D eigenvalue weighted by molar-refractivity contribution is 0.612. The molecule has 142 valence electrons. The van der Waals surface area contributed by atoms with Crippen LogP contribution in [0.2, 0.25) is 0 Å². The van der Waals surface area contributed by atoms with Crippen molar-refractivity contribution in [3.8, 4) is 17.1 Å². The molecule has 0 radical (unpaired) electrons. The topological polar surface area (TPSA) is 107 Å². The van der Waals surface area contributed by atoms with Crippen molar-refractivity contribution in [2.75, 3.05) is 6.54 Å². The van der Waals surface area contributed by atoms with Gasteiger partial charge in [0.25, 0.3) is 0 Å². The van der Waals surface area contributed by atoms with Gasteiger partial charge in [-0.05, 0) is 30.2 Å². The lowest BCUT2D eigenvalue weighted by Crippen LogP contribution is -2.26. The van der Waals surface area contributed by atoms with Crippen molar-refractivity contribution in [1.82, 2.24) is 29.5 Å². The van der Waals surface area contributed by atoms with Gasteiger partial charge in [0.05, 0.1) is 30.3 Å². The highest BCUT2D eigenvalue weighted by Crippen LogP contribution is 2.23. The number of hydrogen-bond donors (Lipinski definition) is 2. The minimum absolute atomic E-state index is 0.00589. The minimum atomic E-state index is -0.412. The largest absolute Gasteiger partial charge is 0.351 e. The number of aromatic nitrogens is 6. The van der Waals surface area contributed by atoms with Crippen LogP contribution in [-0.2, 0) is 6.54 Å². The van der Waals surface area contributed by atoms with E-state index in [0.29, 0.717) is 17.8 Å². The van der Waals surface area contributed by atoms with Crippen LogP contribution in [0.5, 0.6) is 0 Å². The number of nitrogens with one attached hydrogen (secondary N) is 1. The molecule has 8 nitrogen and oxygen atoms in total. The predicted octanol–water partition coefficient (Wildman–Crippen LogP) is 2.09. The monoisotopic (exact) mass is 379 g/mol. The van der Waals surface area contributed by atoms with Gasteiger partial charge in [-0.3, -0.25) is 5.10 Å². The van der Waals surface area contributed by atoms with Gasteiger partial charge in [-0.2, -0.15) is 10.2 Å². The fourth-order valence-corrected chi connectivity index (χ4v) is 2.95. The average Bonchev–Trinajstić information content (AvgIpc) is 3.32. The molecule has 0 saturated carbocycles. The number of rotatable bonds is 5. The third-order valence-corrected chi connectivity index (χ3v) is 4.54. The summed E-state index contributed by atoms with van der Waals surface area (Å²) in [7, 11) is 0. The van der Waals surface area contributed by atoms with E-state index < -0.39 is 5.69 Å². The molecule has 0 fully saturated rings. The smallest absolute Gasteiger partial charge is 0.327 e. The van der Waals surface area contributed by atoms with Gasteiger partial charge >= 0.3 is 5.69 Å². The van der Waals surface area contributed by atoms with Crippen LogP contribution < -0.4 is 11.4 Å². The summed E-state index contributed by atoms with van der Waals surface area (Å²) < 4.78 is 15.3. The van der Waals surface area contributed by atoms with Gasteiger partial charge in [0.2, 0.25) is 0 Å². The third kappa shape index (κ3) is 3.12. The van der Waals surface area contributed by atoms with Gasteiger partial charge < -0.3 is 5.73 Å². The zero-order valence-corrected chi connectivity index (χ0v) is 15.1. The van der Waals surface area contributed by atoms with E-state index in [1.807, 2.05) is 37.3 Å². The highest BCUT2D eigenvalue weighted by molar-refractivity contribution is 5.83. The maximum absolute atomic E-state index is 12.8. The number of H-pyrrole nitrogens is 1. The Morgan fingerprint density at radius 2 is 2.18 bits per heavy atom. The standard InChI is InChI=1S/C19H18FN7O/c1-12-2-5-16(14-3-4-15-9-22-25-17(15)6-14)24-18(12)26-11-23-27(19(26)28)10-13(7-20)8-21/h2-7,9,11H,8,10,21H2,1H3,(H,22,25)/b13-7+. The molecular weight excluding hydrogens is 361 g/mol. The van der Waals surface area contributed by atoms with Crippen LogP contribution in [-0.4, -0.2) is 36.1 Å². The van der Waals surface area contributed by atoms with Crippen LogP contribution >= 0.6 is 0 Å². The van der Waals surface area contributed by atoms with Gasteiger partial charge in [-0.25, -0.2) is 23.4 Å². The second-order valence-corrected chi connectivity index (χ2v) is 6.42. The van der Waals surface area contributed by atoms with Crippen LogP contribution in [0.3, 0.4) is 0 Å². The normalized spacial score (nSPS) is 12.0. The Balaban J connectivity index is 1.76. The molecule has 9 heteroatoms. The average molecular weight is 379 g/mol. The third-order valence-electron chi connectivity index (χ3n) is 4.54. The Hall–Kier alpha value is -3.59. The Bertz CT molecular complexity index is 1230. The Labute approximate surface area is 159 Å². The zero-order valence-electron chi connectivity index (χ0n) is 15.1. The first-order valence-corrected chi connectivity index (χ1v) is 8.65. The van der Waals surface area contributed by atoms with Crippen LogP contribution in [0, 0.1) is 6.92 Å². The van der Waals surface area contributed by atoms with Crippen LogP contribution in [0.15, 0.2) is 59.6 Å². The Morgan fingerprint density at radius 3 is 2.96 bits per heavy atom. The van der Waals surface area contributed by atoms with Crippen molar-refractivity contribution in [1.29, 1.82) is 0 Å². The van der Waals surface area contributed by atoms with Crippen molar-refractivity contribution in [3.05, 3.63) is 70.8 Å². The van der Waals surface area contributed by atoms with E-state index in [1.54, 1.807) is 6.20 Å². The van der Waals surface area contributed by atoms with E-state index in [9.17, 15) is 9.18 Å². The summed E-state index contributed by atoms with van der Waals surface area (Å²) in [4.78, 5) is 17.4. The quantitative estimate of drug-likeness (QED) is 0.552. The van der Waals surface area contributed by atoms with E-state index in [0.717, 1.165) is 26.7 Å². The highest BCUT2D eigenvalue weighted by atomic mass is 19.1. The lowest BCUT2D eigenvalue weighted by Gasteiger charge is -2.08. The number of halogens is 1. The molecule has 0 aliphatic rings. The van der Waals surface area contributed by atoms with Crippen LogP contribution in [0.25, 0.3) is 28.0 Å². The summed E-state index contributed by atoms with van der Waals surface area (Å²) >= 11 is 0. The number of fused-ring (bicyclic) bond motifs is 1. The molecule has 1 aromatic carbocycles. The summed E-state index contributed by atoms with van der Waals surface area (Å²) in [6, 6.07) is 9.65. The molecule has 0 spiro atoms. The first-order chi connectivity index (χ1) is 13.6. The van der Waals surface area contributed by atoms with Gasteiger partial charge in [0.15, 0.2) is 0 Å². The van der Waals surface area contributed by atoms with Crippen LogP contribution in [0.1, 0.15) is 5.56 Å². The maximum Gasteiger partial charge on any atom is 0.351 e. The summed E-state index contributed by atoms with van der Waals surface area (Å²) in [5.74, 6) is 0.469. The summed E-state index contributed by atoms with van der Waals surface area (Å²) in [5.41, 5.74) is 8.64.